The molecule has 1 aromatic heterocycles. The quantitative estimate of drug-likeness (QED) is 0.423. The highest BCUT2D eigenvalue weighted by Gasteiger charge is 2.16. The van der Waals surface area contributed by atoms with E-state index in [1.54, 1.807) is 4.90 Å². The summed E-state index contributed by atoms with van der Waals surface area (Å²) in [6.07, 6.45) is 0.975. The van der Waals surface area contributed by atoms with Crippen LogP contribution in [0.25, 0.3) is 10.6 Å². The second-order valence-corrected chi connectivity index (χ2v) is 8.90. The van der Waals surface area contributed by atoms with E-state index in [0.717, 1.165) is 32.7 Å². The SMILES string of the molecule is CCCN(CCC(=O)Nc1nnc(-c2cccc(Br)c2)s1)C(=O)Nc1ccc(C)cc1. The van der Waals surface area contributed by atoms with Gasteiger partial charge in [0.05, 0.1) is 0 Å². The minimum absolute atomic E-state index is 0.174. The van der Waals surface area contributed by atoms with Gasteiger partial charge in [0.1, 0.15) is 5.01 Å². The van der Waals surface area contributed by atoms with Crippen LogP contribution in [0, 0.1) is 6.92 Å². The Morgan fingerprint density at radius 1 is 1.06 bits per heavy atom. The molecule has 0 saturated heterocycles. The third kappa shape index (κ3) is 6.86. The molecular weight excluding hydrogens is 478 g/mol. The van der Waals surface area contributed by atoms with Gasteiger partial charge < -0.3 is 15.5 Å². The van der Waals surface area contributed by atoms with Crippen molar-refractivity contribution in [2.75, 3.05) is 23.7 Å². The smallest absolute Gasteiger partial charge is 0.321 e. The van der Waals surface area contributed by atoms with E-state index >= 15 is 0 Å². The summed E-state index contributed by atoms with van der Waals surface area (Å²) < 4.78 is 0.950. The van der Waals surface area contributed by atoms with E-state index in [1.807, 2.05) is 62.4 Å². The van der Waals surface area contributed by atoms with E-state index < -0.39 is 0 Å². The lowest BCUT2D eigenvalue weighted by Crippen LogP contribution is -2.37. The Hall–Kier alpha value is -2.78. The number of urea groups is 1. The van der Waals surface area contributed by atoms with Gasteiger partial charge in [-0.2, -0.15) is 0 Å². The Kier molecular flexibility index (Phi) is 8.13. The zero-order chi connectivity index (χ0) is 22.2. The maximum atomic E-state index is 12.6. The Morgan fingerprint density at radius 2 is 1.84 bits per heavy atom. The van der Waals surface area contributed by atoms with Gasteiger partial charge in [-0.25, -0.2) is 4.79 Å². The molecule has 9 heteroatoms. The summed E-state index contributed by atoms with van der Waals surface area (Å²) in [7, 11) is 0. The predicted molar refractivity (Wildman–Crippen MR) is 128 cm³/mol. The van der Waals surface area contributed by atoms with Gasteiger partial charge >= 0.3 is 6.03 Å². The van der Waals surface area contributed by atoms with Gasteiger partial charge in [-0.1, -0.05) is 64.0 Å². The zero-order valence-electron chi connectivity index (χ0n) is 17.4. The molecule has 0 aliphatic carbocycles. The van der Waals surface area contributed by atoms with Crippen LogP contribution in [0.2, 0.25) is 0 Å². The van der Waals surface area contributed by atoms with E-state index in [4.69, 9.17) is 0 Å². The summed E-state index contributed by atoms with van der Waals surface area (Å²) in [4.78, 5) is 26.7. The van der Waals surface area contributed by atoms with Crippen molar-refractivity contribution in [3.63, 3.8) is 0 Å². The van der Waals surface area contributed by atoms with Crippen LogP contribution in [0.15, 0.2) is 53.0 Å². The number of aromatic nitrogens is 2. The average Bonchev–Trinajstić information content (AvgIpc) is 3.21. The van der Waals surface area contributed by atoms with Crippen molar-refractivity contribution in [3.8, 4) is 10.6 Å². The van der Waals surface area contributed by atoms with Crippen LogP contribution in [0.3, 0.4) is 0 Å². The number of hydrogen-bond donors (Lipinski definition) is 2. The molecule has 7 nitrogen and oxygen atoms in total. The molecule has 162 valence electrons. The van der Waals surface area contributed by atoms with E-state index in [2.05, 4.69) is 36.8 Å². The second-order valence-electron chi connectivity index (χ2n) is 7.00. The van der Waals surface area contributed by atoms with Crippen LogP contribution in [0.1, 0.15) is 25.3 Å². The van der Waals surface area contributed by atoms with Gasteiger partial charge in [-0.05, 0) is 37.6 Å². The lowest BCUT2D eigenvalue weighted by atomic mass is 10.2. The Morgan fingerprint density at radius 3 is 2.55 bits per heavy atom. The monoisotopic (exact) mass is 501 g/mol. The number of benzene rings is 2. The molecule has 0 aliphatic heterocycles. The number of amides is 3. The van der Waals surface area contributed by atoms with Gasteiger partial charge in [0, 0.05) is 35.2 Å². The van der Waals surface area contributed by atoms with Crippen molar-refractivity contribution in [1.29, 1.82) is 0 Å². The van der Waals surface area contributed by atoms with Crippen LogP contribution < -0.4 is 10.6 Å². The molecule has 3 amide bonds. The molecule has 0 spiro atoms. The van der Waals surface area contributed by atoms with Crippen LogP contribution in [0.4, 0.5) is 15.6 Å². The zero-order valence-corrected chi connectivity index (χ0v) is 19.8. The topological polar surface area (TPSA) is 87.2 Å². The van der Waals surface area contributed by atoms with Gasteiger partial charge in [-0.3, -0.25) is 4.79 Å². The number of aryl methyl sites for hydroxylation is 1. The highest BCUT2D eigenvalue weighted by atomic mass is 79.9. The number of carbonyl (C=O) groups excluding carboxylic acids is 2. The molecule has 0 radical (unpaired) electrons. The molecule has 2 N–H and O–H groups in total. The first-order chi connectivity index (χ1) is 14.9. The number of anilines is 2. The largest absolute Gasteiger partial charge is 0.324 e. The summed E-state index contributed by atoms with van der Waals surface area (Å²) in [6.45, 7) is 4.87. The first-order valence-corrected chi connectivity index (χ1v) is 11.6. The highest BCUT2D eigenvalue weighted by molar-refractivity contribution is 9.10. The molecule has 0 fully saturated rings. The fourth-order valence-electron chi connectivity index (χ4n) is 2.85. The first kappa shape index (κ1) is 22.9. The molecular formula is C22H24BrN5O2S. The maximum absolute atomic E-state index is 12.6. The summed E-state index contributed by atoms with van der Waals surface area (Å²) in [6, 6.07) is 15.1. The van der Waals surface area contributed by atoms with E-state index in [1.165, 1.54) is 11.3 Å². The number of nitrogens with zero attached hydrogens (tertiary/aromatic N) is 3. The maximum Gasteiger partial charge on any atom is 0.321 e. The molecule has 0 aliphatic rings. The molecule has 31 heavy (non-hydrogen) atoms. The van der Waals surface area contributed by atoms with Gasteiger partial charge in [0.2, 0.25) is 11.0 Å². The second kappa shape index (κ2) is 11.0. The van der Waals surface area contributed by atoms with Crippen LogP contribution in [-0.4, -0.2) is 40.1 Å². The minimum atomic E-state index is -0.216. The van der Waals surface area contributed by atoms with Crippen molar-refractivity contribution >= 4 is 50.0 Å². The van der Waals surface area contributed by atoms with Crippen molar-refractivity contribution in [2.24, 2.45) is 0 Å². The predicted octanol–water partition coefficient (Wildman–Crippen LogP) is 5.55. The summed E-state index contributed by atoms with van der Waals surface area (Å²) in [5.41, 5.74) is 2.78. The lowest BCUT2D eigenvalue weighted by Gasteiger charge is -2.22. The number of hydrogen-bond acceptors (Lipinski definition) is 5. The Labute approximate surface area is 194 Å². The average molecular weight is 502 g/mol. The van der Waals surface area contributed by atoms with Gasteiger partial charge in [-0.15, -0.1) is 10.2 Å². The first-order valence-electron chi connectivity index (χ1n) is 9.96. The van der Waals surface area contributed by atoms with Crippen molar-refractivity contribution in [1.82, 2.24) is 15.1 Å². The Balaban J connectivity index is 1.54. The molecule has 2 aromatic carbocycles. The number of nitrogens with one attached hydrogen (secondary N) is 2. The molecule has 0 bridgehead atoms. The molecule has 3 aromatic rings. The van der Waals surface area contributed by atoms with E-state index in [0.29, 0.717) is 18.2 Å². The van der Waals surface area contributed by atoms with Crippen LogP contribution in [0.5, 0.6) is 0 Å². The molecule has 1 heterocycles. The number of rotatable bonds is 8. The molecule has 0 saturated carbocycles. The summed E-state index contributed by atoms with van der Waals surface area (Å²) in [5, 5.41) is 15.0. The number of halogens is 1. The Bertz CT molecular complexity index is 1040. The van der Waals surface area contributed by atoms with Crippen LogP contribution >= 0.6 is 27.3 Å². The lowest BCUT2D eigenvalue weighted by molar-refractivity contribution is -0.116. The third-order valence-corrected chi connectivity index (χ3v) is 5.82. The summed E-state index contributed by atoms with van der Waals surface area (Å²) >= 11 is 4.75. The fraction of sp³-hybridized carbons (Fsp3) is 0.273. The normalized spacial score (nSPS) is 10.5. The minimum Gasteiger partial charge on any atom is -0.324 e. The van der Waals surface area contributed by atoms with Crippen molar-refractivity contribution in [3.05, 3.63) is 58.6 Å². The van der Waals surface area contributed by atoms with Crippen LogP contribution in [-0.2, 0) is 4.79 Å². The van der Waals surface area contributed by atoms with E-state index in [9.17, 15) is 9.59 Å². The standard InChI is InChI=1S/C22H24BrN5O2S/c1-3-12-28(22(30)24-18-9-7-15(2)8-10-18)13-11-19(29)25-21-27-26-20(31-21)16-5-4-6-17(23)14-16/h4-10,14H,3,11-13H2,1-2H3,(H,24,30)(H,25,27,29). The highest BCUT2D eigenvalue weighted by Crippen LogP contribution is 2.28. The molecule has 0 unspecified atom stereocenters. The van der Waals surface area contributed by atoms with Crippen molar-refractivity contribution in [2.45, 2.75) is 26.7 Å². The van der Waals surface area contributed by atoms with Gasteiger partial charge in [0.25, 0.3) is 0 Å². The molecule has 3 rings (SSSR count). The fourth-order valence-corrected chi connectivity index (χ4v) is 4.01. The number of carbonyl (C=O) groups is 2. The third-order valence-electron chi connectivity index (χ3n) is 4.44. The van der Waals surface area contributed by atoms with E-state index in [-0.39, 0.29) is 18.4 Å². The van der Waals surface area contributed by atoms with Gasteiger partial charge in [0.15, 0.2) is 0 Å². The van der Waals surface area contributed by atoms with Crippen molar-refractivity contribution < 1.29 is 9.59 Å². The summed E-state index contributed by atoms with van der Waals surface area (Å²) in [5.74, 6) is -0.207. The molecule has 0 atom stereocenters.